The van der Waals surface area contributed by atoms with Crippen molar-refractivity contribution in [3.63, 3.8) is 0 Å². The predicted molar refractivity (Wildman–Crippen MR) is 87.6 cm³/mol. The number of hydrogen-bond acceptors (Lipinski definition) is 4. The summed E-state index contributed by atoms with van der Waals surface area (Å²) in [6.45, 7) is 3.53. The van der Waals surface area contributed by atoms with Gasteiger partial charge in [-0.3, -0.25) is 9.69 Å². The van der Waals surface area contributed by atoms with Crippen molar-refractivity contribution in [1.82, 2.24) is 10.2 Å². The number of nitrogens with one attached hydrogen (secondary N) is 2. The minimum Gasteiger partial charge on any atom is -0.495 e. The van der Waals surface area contributed by atoms with E-state index in [9.17, 15) is 4.79 Å². The number of nitrogens with zero attached hydrogens (tertiary/aromatic N) is 1. The molecule has 2 fully saturated rings. The second-order valence-corrected chi connectivity index (χ2v) is 6.44. The Balaban J connectivity index is 1.53. The Morgan fingerprint density at radius 3 is 3.14 bits per heavy atom. The zero-order chi connectivity index (χ0) is 15.5. The van der Waals surface area contributed by atoms with Crippen molar-refractivity contribution in [1.29, 1.82) is 0 Å². The van der Waals surface area contributed by atoms with Crippen LogP contribution in [0, 0.1) is 5.92 Å². The van der Waals surface area contributed by atoms with Gasteiger partial charge >= 0.3 is 0 Å². The Morgan fingerprint density at radius 2 is 2.36 bits per heavy atom. The highest BCUT2D eigenvalue weighted by Gasteiger charge is 2.32. The lowest BCUT2D eigenvalue weighted by atomic mass is 9.93. The molecule has 0 aliphatic carbocycles. The molecule has 0 radical (unpaired) electrons. The molecular weight excluding hydrogens is 302 g/mol. The van der Waals surface area contributed by atoms with Crippen molar-refractivity contribution in [2.45, 2.75) is 18.9 Å². The highest BCUT2D eigenvalue weighted by atomic mass is 35.5. The molecule has 0 bridgehead atoms. The highest BCUT2D eigenvalue weighted by Crippen LogP contribution is 2.27. The van der Waals surface area contributed by atoms with E-state index in [0.29, 0.717) is 35.0 Å². The van der Waals surface area contributed by atoms with Crippen molar-refractivity contribution in [2.24, 2.45) is 5.92 Å². The van der Waals surface area contributed by atoms with Gasteiger partial charge in [-0.15, -0.1) is 0 Å². The molecule has 2 heterocycles. The molecule has 2 N–H and O–H groups in total. The summed E-state index contributed by atoms with van der Waals surface area (Å²) in [5.74, 6) is 1.30. The fourth-order valence-electron chi connectivity index (χ4n) is 3.41. The number of piperidine rings is 1. The second kappa shape index (κ2) is 6.86. The number of carbonyl (C=O) groups is 1. The molecule has 22 heavy (non-hydrogen) atoms. The summed E-state index contributed by atoms with van der Waals surface area (Å²) in [4.78, 5) is 14.4. The summed E-state index contributed by atoms with van der Waals surface area (Å²) < 4.78 is 5.11. The number of hydrogen-bond donors (Lipinski definition) is 2. The molecule has 2 unspecified atom stereocenters. The van der Waals surface area contributed by atoms with Gasteiger partial charge < -0.3 is 15.4 Å². The van der Waals surface area contributed by atoms with Gasteiger partial charge in [-0.2, -0.15) is 0 Å². The molecule has 1 amide bonds. The van der Waals surface area contributed by atoms with Crippen LogP contribution in [0.3, 0.4) is 0 Å². The fraction of sp³-hybridized carbons (Fsp3) is 0.562. The van der Waals surface area contributed by atoms with Crippen LogP contribution < -0.4 is 15.4 Å². The normalized spacial score (nSPS) is 24.8. The molecule has 0 spiro atoms. The molecule has 3 rings (SSSR count). The maximum absolute atomic E-state index is 12.2. The zero-order valence-electron chi connectivity index (χ0n) is 12.8. The molecule has 120 valence electrons. The second-order valence-electron chi connectivity index (χ2n) is 6.03. The van der Waals surface area contributed by atoms with E-state index in [1.807, 2.05) is 0 Å². The van der Waals surface area contributed by atoms with Crippen LogP contribution in [0.15, 0.2) is 18.2 Å². The van der Waals surface area contributed by atoms with E-state index in [1.54, 1.807) is 25.3 Å². The summed E-state index contributed by atoms with van der Waals surface area (Å²) in [5.41, 5.74) is 0.702. The Hall–Kier alpha value is -1.30. The van der Waals surface area contributed by atoms with Gasteiger partial charge in [0.1, 0.15) is 5.75 Å². The maximum atomic E-state index is 12.2. The molecule has 1 aromatic carbocycles. The van der Waals surface area contributed by atoms with E-state index in [0.717, 1.165) is 26.1 Å². The Kier molecular flexibility index (Phi) is 4.86. The van der Waals surface area contributed by atoms with Crippen LogP contribution >= 0.6 is 11.6 Å². The molecule has 1 aromatic rings. The Morgan fingerprint density at radius 1 is 1.50 bits per heavy atom. The van der Waals surface area contributed by atoms with E-state index in [2.05, 4.69) is 15.5 Å². The number of methoxy groups -OCH3 is 1. The van der Waals surface area contributed by atoms with Gasteiger partial charge in [0.2, 0.25) is 5.91 Å². The third-order valence-electron chi connectivity index (χ3n) is 4.54. The van der Waals surface area contributed by atoms with E-state index in [1.165, 1.54) is 6.42 Å². The summed E-state index contributed by atoms with van der Waals surface area (Å²) in [7, 11) is 1.57. The monoisotopic (exact) mass is 323 g/mol. The van der Waals surface area contributed by atoms with Crippen molar-refractivity contribution < 1.29 is 9.53 Å². The first-order chi connectivity index (χ1) is 10.7. The SMILES string of the molecule is COc1ccc(NC(=O)CN2CCC3NCCC3C2)cc1Cl. The van der Waals surface area contributed by atoms with Gasteiger partial charge in [0, 0.05) is 24.8 Å². The average Bonchev–Trinajstić information content (AvgIpc) is 2.95. The van der Waals surface area contributed by atoms with Crippen LogP contribution in [-0.4, -0.2) is 50.1 Å². The fourth-order valence-corrected chi connectivity index (χ4v) is 3.67. The number of benzene rings is 1. The van der Waals surface area contributed by atoms with Gasteiger partial charge in [-0.1, -0.05) is 11.6 Å². The summed E-state index contributed by atoms with van der Waals surface area (Å²) in [5, 5.41) is 6.94. The van der Waals surface area contributed by atoms with Crippen LogP contribution in [0.25, 0.3) is 0 Å². The third-order valence-corrected chi connectivity index (χ3v) is 4.84. The van der Waals surface area contributed by atoms with Crippen LogP contribution in [0.2, 0.25) is 5.02 Å². The highest BCUT2D eigenvalue weighted by molar-refractivity contribution is 6.32. The predicted octanol–water partition coefficient (Wildman–Crippen LogP) is 1.97. The van der Waals surface area contributed by atoms with E-state index < -0.39 is 0 Å². The van der Waals surface area contributed by atoms with Crippen molar-refractivity contribution in [2.75, 3.05) is 38.6 Å². The van der Waals surface area contributed by atoms with Crippen LogP contribution in [0.5, 0.6) is 5.75 Å². The molecule has 2 saturated heterocycles. The lowest BCUT2D eigenvalue weighted by molar-refractivity contribution is -0.117. The third kappa shape index (κ3) is 3.54. The molecule has 2 aliphatic rings. The van der Waals surface area contributed by atoms with Gasteiger partial charge in [0.05, 0.1) is 18.7 Å². The van der Waals surface area contributed by atoms with Crippen molar-refractivity contribution in [3.8, 4) is 5.75 Å². The minimum absolute atomic E-state index is 0.00522. The lowest BCUT2D eigenvalue weighted by Gasteiger charge is -2.34. The molecule has 0 saturated carbocycles. The Labute approximate surface area is 136 Å². The number of amides is 1. The molecule has 5 nitrogen and oxygen atoms in total. The van der Waals surface area contributed by atoms with E-state index in [4.69, 9.17) is 16.3 Å². The van der Waals surface area contributed by atoms with Crippen LogP contribution in [-0.2, 0) is 4.79 Å². The maximum Gasteiger partial charge on any atom is 0.238 e. The van der Waals surface area contributed by atoms with Gasteiger partial charge in [0.15, 0.2) is 0 Å². The van der Waals surface area contributed by atoms with Crippen molar-refractivity contribution in [3.05, 3.63) is 23.2 Å². The number of fused-ring (bicyclic) bond motifs is 1. The number of ether oxygens (including phenoxy) is 1. The topological polar surface area (TPSA) is 53.6 Å². The van der Waals surface area contributed by atoms with E-state index in [-0.39, 0.29) is 5.91 Å². The van der Waals surface area contributed by atoms with Crippen LogP contribution in [0.4, 0.5) is 5.69 Å². The first-order valence-corrected chi connectivity index (χ1v) is 8.12. The quantitative estimate of drug-likeness (QED) is 0.889. The van der Waals surface area contributed by atoms with Gasteiger partial charge in [-0.25, -0.2) is 0 Å². The summed E-state index contributed by atoms with van der Waals surface area (Å²) in [6, 6.07) is 5.93. The molecular formula is C16H22ClN3O2. The number of halogens is 1. The number of carbonyl (C=O) groups excluding carboxylic acids is 1. The summed E-state index contributed by atoms with van der Waals surface area (Å²) in [6.07, 6.45) is 2.35. The standard InChI is InChI=1S/C16H22ClN3O2/c1-22-15-3-2-12(8-13(15)17)19-16(21)10-20-7-5-14-11(9-20)4-6-18-14/h2-3,8,11,14,18H,4-7,9-10H2,1H3,(H,19,21). The van der Waals surface area contributed by atoms with Crippen molar-refractivity contribution >= 4 is 23.2 Å². The molecule has 6 heteroatoms. The van der Waals surface area contributed by atoms with E-state index >= 15 is 0 Å². The van der Waals surface area contributed by atoms with Crippen LogP contribution in [0.1, 0.15) is 12.8 Å². The number of anilines is 1. The largest absolute Gasteiger partial charge is 0.495 e. The summed E-state index contributed by atoms with van der Waals surface area (Å²) >= 11 is 6.07. The lowest BCUT2D eigenvalue weighted by Crippen LogP contribution is -2.46. The average molecular weight is 324 g/mol. The first-order valence-electron chi connectivity index (χ1n) is 7.75. The first kappa shape index (κ1) is 15.6. The molecule has 2 aliphatic heterocycles. The zero-order valence-corrected chi connectivity index (χ0v) is 13.5. The van der Waals surface area contributed by atoms with Gasteiger partial charge in [0.25, 0.3) is 0 Å². The molecule has 0 aromatic heterocycles. The Bertz CT molecular complexity index is 552. The number of rotatable bonds is 4. The molecule has 2 atom stereocenters. The smallest absolute Gasteiger partial charge is 0.238 e. The van der Waals surface area contributed by atoms with Gasteiger partial charge in [-0.05, 0) is 43.5 Å². The minimum atomic E-state index is 0.00522. The number of likely N-dealkylation sites (tertiary alicyclic amines) is 1.